The Kier molecular flexibility index (Phi) is 3.73. The van der Waals surface area contributed by atoms with Gasteiger partial charge in [0.1, 0.15) is 12.7 Å². The van der Waals surface area contributed by atoms with E-state index in [0.29, 0.717) is 0 Å². The third-order valence-corrected chi connectivity index (χ3v) is 3.14. The lowest BCUT2D eigenvalue weighted by atomic mass is 10.1. The van der Waals surface area contributed by atoms with Crippen LogP contribution in [0.1, 0.15) is 5.56 Å². The minimum Gasteiger partial charge on any atom is -0.383 e. The van der Waals surface area contributed by atoms with E-state index < -0.39 is 0 Å². The second-order valence-electron chi connectivity index (χ2n) is 4.52. The molecule has 0 bridgehead atoms. The van der Waals surface area contributed by atoms with Crippen LogP contribution in [0.25, 0.3) is 5.69 Å². The van der Waals surface area contributed by atoms with Gasteiger partial charge in [-0.25, -0.2) is 9.67 Å². The number of benzene rings is 2. The first-order chi connectivity index (χ1) is 9.93. The molecule has 4 heteroatoms. The molecule has 1 N–H and O–H groups in total. The van der Waals surface area contributed by atoms with Crippen LogP contribution in [0.5, 0.6) is 0 Å². The fraction of sp³-hybridized carbons (Fsp3) is 0.125. The summed E-state index contributed by atoms with van der Waals surface area (Å²) in [5, 5.41) is 7.64. The van der Waals surface area contributed by atoms with Crippen LogP contribution in [-0.2, 0) is 6.42 Å². The van der Waals surface area contributed by atoms with Gasteiger partial charge in [0.2, 0.25) is 0 Å². The Balaban J connectivity index is 1.69. The Morgan fingerprint density at radius 1 is 0.950 bits per heavy atom. The molecule has 0 fully saturated rings. The second-order valence-corrected chi connectivity index (χ2v) is 4.52. The largest absolute Gasteiger partial charge is 0.383 e. The highest BCUT2D eigenvalue weighted by Gasteiger charge is 2.03. The zero-order valence-electron chi connectivity index (χ0n) is 11.1. The molecule has 0 atom stereocenters. The first-order valence-corrected chi connectivity index (χ1v) is 6.65. The number of rotatable bonds is 5. The second kappa shape index (κ2) is 6.02. The number of nitrogens with zero attached hydrogens (tertiary/aromatic N) is 3. The molecule has 3 aromatic rings. The maximum atomic E-state index is 4.18. The van der Waals surface area contributed by atoms with Crippen molar-refractivity contribution in [2.75, 3.05) is 11.9 Å². The first kappa shape index (κ1) is 12.4. The molecule has 2 aromatic carbocycles. The van der Waals surface area contributed by atoms with Gasteiger partial charge in [0, 0.05) is 6.54 Å². The topological polar surface area (TPSA) is 42.7 Å². The van der Waals surface area contributed by atoms with Crippen molar-refractivity contribution < 1.29 is 0 Å². The molecule has 4 nitrogen and oxygen atoms in total. The average molecular weight is 264 g/mol. The normalized spacial score (nSPS) is 10.4. The summed E-state index contributed by atoms with van der Waals surface area (Å²) in [5.41, 5.74) is 3.41. The molecule has 0 unspecified atom stereocenters. The zero-order valence-corrected chi connectivity index (χ0v) is 11.1. The van der Waals surface area contributed by atoms with Crippen molar-refractivity contribution in [3.05, 3.63) is 72.8 Å². The molecule has 0 radical (unpaired) electrons. The summed E-state index contributed by atoms with van der Waals surface area (Å²) >= 11 is 0. The summed E-state index contributed by atoms with van der Waals surface area (Å²) < 4.78 is 1.77. The van der Waals surface area contributed by atoms with Gasteiger partial charge in [0.15, 0.2) is 0 Å². The van der Waals surface area contributed by atoms with Crippen LogP contribution in [0.3, 0.4) is 0 Å². The van der Waals surface area contributed by atoms with E-state index in [0.717, 1.165) is 24.3 Å². The molecule has 0 aliphatic carbocycles. The summed E-state index contributed by atoms with van der Waals surface area (Å²) in [5.74, 6) is 0. The molecule has 0 amide bonds. The molecule has 0 saturated carbocycles. The van der Waals surface area contributed by atoms with Crippen molar-refractivity contribution in [3.8, 4) is 5.69 Å². The van der Waals surface area contributed by atoms with Crippen LogP contribution >= 0.6 is 0 Å². The van der Waals surface area contributed by atoms with E-state index in [1.54, 1.807) is 17.3 Å². The van der Waals surface area contributed by atoms with E-state index in [1.807, 2.05) is 24.3 Å². The maximum Gasteiger partial charge on any atom is 0.138 e. The summed E-state index contributed by atoms with van der Waals surface area (Å²) in [4.78, 5) is 3.99. The van der Waals surface area contributed by atoms with Gasteiger partial charge in [0.25, 0.3) is 0 Å². The van der Waals surface area contributed by atoms with E-state index in [1.165, 1.54) is 5.56 Å². The van der Waals surface area contributed by atoms with E-state index in [-0.39, 0.29) is 0 Å². The molecular formula is C16H16N4. The highest BCUT2D eigenvalue weighted by Crippen LogP contribution is 2.18. The van der Waals surface area contributed by atoms with Crippen molar-refractivity contribution in [3.63, 3.8) is 0 Å². The quantitative estimate of drug-likeness (QED) is 0.770. The van der Waals surface area contributed by atoms with Gasteiger partial charge in [-0.05, 0) is 24.1 Å². The molecule has 0 spiro atoms. The van der Waals surface area contributed by atoms with Gasteiger partial charge in [-0.15, -0.1) is 0 Å². The van der Waals surface area contributed by atoms with Gasteiger partial charge < -0.3 is 5.32 Å². The molecule has 0 aliphatic heterocycles. The smallest absolute Gasteiger partial charge is 0.138 e. The van der Waals surface area contributed by atoms with Crippen molar-refractivity contribution in [2.45, 2.75) is 6.42 Å². The minimum atomic E-state index is 0.885. The predicted molar refractivity (Wildman–Crippen MR) is 80.0 cm³/mol. The zero-order chi connectivity index (χ0) is 13.6. The van der Waals surface area contributed by atoms with Crippen molar-refractivity contribution in [1.29, 1.82) is 0 Å². The van der Waals surface area contributed by atoms with Crippen LogP contribution < -0.4 is 5.32 Å². The van der Waals surface area contributed by atoms with Crippen LogP contribution in [0.15, 0.2) is 67.3 Å². The third-order valence-electron chi connectivity index (χ3n) is 3.14. The average Bonchev–Trinajstić information content (AvgIpc) is 3.03. The summed E-state index contributed by atoms with van der Waals surface area (Å²) in [6.07, 6.45) is 4.24. The monoisotopic (exact) mass is 264 g/mol. The molecule has 1 aromatic heterocycles. The van der Waals surface area contributed by atoms with Crippen molar-refractivity contribution in [1.82, 2.24) is 14.8 Å². The number of aromatic nitrogens is 3. The van der Waals surface area contributed by atoms with E-state index >= 15 is 0 Å². The highest BCUT2D eigenvalue weighted by molar-refractivity contribution is 5.60. The number of para-hydroxylation sites is 2. The Morgan fingerprint density at radius 2 is 1.75 bits per heavy atom. The minimum absolute atomic E-state index is 0.885. The van der Waals surface area contributed by atoms with Gasteiger partial charge in [0.05, 0.1) is 11.4 Å². The summed E-state index contributed by atoms with van der Waals surface area (Å²) in [6, 6.07) is 18.6. The van der Waals surface area contributed by atoms with Crippen molar-refractivity contribution in [2.24, 2.45) is 0 Å². The van der Waals surface area contributed by atoms with Gasteiger partial charge >= 0.3 is 0 Å². The fourth-order valence-electron chi connectivity index (χ4n) is 2.14. The molecule has 0 saturated heterocycles. The number of nitrogens with one attached hydrogen (secondary N) is 1. The van der Waals surface area contributed by atoms with Gasteiger partial charge in [-0.2, -0.15) is 5.10 Å². The molecule has 0 aliphatic rings. The van der Waals surface area contributed by atoms with Crippen LogP contribution in [0, 0.1) is 0 Å². The highest BCUT2D eigenvalue weighted by atomic mass is 15.3. The Labute approximate surface area is 118 Å². The SMILES string of the molecule is c1ccc(CCNc2ccccc2-n2cncn2)cc1. The lowest BCUT2D eigenvalue weighted by Gasteiger charge is -2.11. The Morgan fingerprint density at radius 3 is 2.55 bits per heavy atom. The lowest BCUT2D eigenvalue weighted by molar-refractivity contribution is 0.876. The van der Waals surface area contributed by atoms with Crippen LogP contribution in [0.2, 0.25) is 0 Å². The molecule has 1 heterocycles. The fourth-order valence-corrected chi connectivity index (χ4v) is 2.14. The maximum absolute atomic E-state index is 4.18. The summed E-state index contributed by atoms with van der Waals surface area (Å²) in [7, 11) is 0. The standard InChI is InChI=1S/C16H16N4/c1-2-6-14(7-3-1)10-11-18-15-8-4-5-9-16(15)20-13-17-12-19-20/h1-9,12-13,18H,10-11H2. The number of anilines is 1. The van der Waals surface area contributed by atoms with Gasteiger partial charge in [-0.1, -0.05) is 42.5 Å². The first-order valence-electron chi connectivity index (χ1n) is 6.65. The van der Waals surface area contributed by atoms with Crippen molar-refractivity contribution >= 4 is 5.69 Å². The molecule has 3 rings (SSSR count). The van der Waals surface area contributed by atoms with E-state index in [2.05, 4.69) is 45.7 Å². The predicted octanol–water partition coefficient (Wildman–Crippen LogP) is 2.92. The number of hydrogen-bond acceptors (Lipinski definition) is 3. The Bertz CT molecular complexity index is 647. The third kappa shape index (κ3) is 2.85. The summed E-state index contributed by atoms with van der Waals surface area (Å²) in [6.45, 7) is 0.885. The molecule has 100 valence electrons. The van der Waals surface area contributed by atoms with Gasteiger partial charge in [-0.3, -0.25) is 0 Å². The molecular weight excluding hydrogens is 248 g/mol. The Hall–Kier alpha value is -2.62. The van der Waals surface area contributed by atoms with Crippen LogP contribution in [0.4, 0.5) is 5.69 Å². The van der Waals surface area contributed by atoms with E-state index in [9.17, 15) is 0 Å². The number of hydrogen-bond donors (Lipinski definition) is 1. The molecule has 20 heavy (non-hydrogen) atoms. The van der Waals surface area contributed by atoms with E-state index in [4.69, 9.17) is 0 Å². The lowest BCUT2D eigenvalue weighted by Crippen LogP contribution is -2.08. The van der Waals surface area contributed by atoms with Crippen LogP contribution in [-0.4, -0.2) is 21.3 Å².